The zero-order valence-electron chi connectivity index (χ0n) is 11.8. The molecule has 0 saturated heterocycles. The van der Waals surface area contributed by atoms with Gasteiger partial charge in [-0.3, -0.25) is 4.79 Å². The van der Waals surface area contributed by atoms with E-state index in [9.17, 15) is 4.79 Å². The van der Waals surface area contributed by atoms with Crippen molar-refractivity contribution >= 4 is 17.4 Å². The Morgan fingerprint density at radius 3 is 2.81 bits per heavy atom. The molecule has 0 aliphatic rings. The highest BCUT2D eigenvalue weighted by molar-refractivity contribution is 6.05. The summed E-state index contributed by atoms with van der Waals surface area (Å²) >= 11 is 0. The monoisotopic (exact) mass is 283 g/mol. The van der Waals surface area contributed by atoms with Crippen LogP contribution in [0.25, 0.3) is 0 Å². The molecule has 0 atom stereocenters. The van der Waals surface area contributed by atoms with Crippen LogP contribution in [0.15, 0.2) is 55.3 Å². The Kier molecular flexibility index (Phi) is 4.93. The Morgan fingerprint density at radius 2 is 2.14 bits per heavy atom. The number of benzene rings is 1. The summed E-state index contributed by atoms with van der Waals surface area (Å²) in [5.41, 5.74) is 1.33. The van der Waals surface area contributed by atoms with E-state index in [-0.39, 0.29) is 5.91 Å². The lowest BCUT2D eigenvalue weighted by Gasteiger charge is -2.09. The number of nitrogens with zero attached hydrogens (tertiary/aromatic N) is 1. The standard InChI is InChI=1S/C16H17N3O2/c1-3-10-17-12-8-9-15(18-11-12)19-16(20)13-6-4-5-7-14(13)21-2/h3-9,11,17H,1,10H2,2H3,(H,18,19,20). The smallest absolute Gasteiger partial charge is 0.260 e. The van der Waals surface area contributed by atoms with Crippen LogP contribution in [0.5, 0.6) is 5.75 Å². The minimum Gasteiger partial charge on any atom is -0.496 e. The fourth-order valence-electron chi connectivity index (χ4n) is 1.78. The maximum absolute atomic E-state index is 12.2. The Morgan fingerprint density at radius 1 is 1.33 bits per heavy atom. The summed E-state index contributed by atoms with van der Waals surface area (Å²) in [5, 5.41) is 5.85. The van der Waals surface area contributed by atoms with Crippen molar-refractivity contribution in [2.45, 2.75) is 0 Å². The largest absolute Gasteiger partial charge is 0.496 e. The van der Waals surface area contributed by atoms with Gasteiger partial charge in [0.05, 0.1) is 24.6 Å². The lowest BCUT2D eigenvalue weighted by Crippen LogP contribution is -2.14. The predicted octanol–water partition coefficient (Wildman–Crippen LogP) is 2.94. The highest BCUT2D eigenvalue weighted by Crippen LogP contribution is 2.19. The number of carbonyl (C=O) groups excluding carboxylic acids is 1. The summed E-state index contributed by atoms with van der Waals surface area (Å²) < 4.78 is 5.17. The van der Waals surface area contributed by atoms with Gasteiger partial charge in [0.1, 0.15) is 11.6 Å². The fourth-order valence-corrected chi connectivity index (χ4v) is 1.78. The molecule has 2 N–H and O–H groups in total. The summed E-state index contributed by atoms with van der Waals surface area (Å²) in [4.78, 5) is 16.4. The number of carbonyl (C=O) groups is 1. The summed E-state index contributed by atoms with van der Waals surface area (Å²) in [6.45, 7) is 4.29. The molecule has 0 saturated carbocycles. The number of aromatic nitrogens is 1. The van der Waals surface area contributed by atoms with Crippen molar-refractivity contribution in [3.8, 4) is 5.75 Å². The van der Waals surface area contributed by atoms with Crippen molar-refractivity contribution in [2.75, 3.05) is 24.3 Å². The fraction of sp³-hybridized carbons (Fsp3) is 0.125. The SMILES string of the molecule is C=CCNc1ccc(NC(=O)c2ccccc2OC)nc1. The second kappa shape index (κ2) is 7.09. The average molecular weight is 283 g/mol. The maximum atomic E-state index is 12.2. The molecule has 0 bridgehead atoms. The third kappa shape index (κ3) is 3.82. The number of hydrogen-bond acceptors (Lipinski definition) is 4. The molecule has 0 fully saturated rings. The van der Waals surface area contributed by atoms with E-state index >= 15 is 0 Å². The van der Waals surface area contributed by atoms with Crippen LogP contribution < -0.4 is 15.4 Å². The molecule has 108 valence electrons. The molecule has 0 aliphatic carbocycles. The zero-order valence-corrected chi connectivity index (χ0v) is 11.8. The van der Waals surface area contributed by atoms with Crippen molar-refractivity contribution < 1.29 is 9.53 Å². The average Bonchev–Trinajstić information content (AvgIpc) is 2.54. The van der Waals surface area contributed by atoms with Crippen LogP contribution in [0.2, 0.25) is 0 Å². The molecular formula is C16H17N3O2. The highest BCUT2D eigenvalue weighted by atomic mass is 16.5. The number of methoxy groups -OCH3 is 1. The van der Waals surface area contributed by atoms with E-state index in [1.165, 1.54) is 7.11 Å². The first-order valence-electron chi connectivity index (χ1n) is 6.50. The van der Waals surface area contributed by atoms with Gasteiger partial charge in [0, 0.05) is 6.54 Å². The minimum atomic E-state index is -0.258. The molecule has 1 amide bonds. The van der Waals surface area contributed by atoms with Gasteiger partial charge in [0.15, 0.2) is 0 Å². The molecule has 5 heteroatoms. The van der Waals surface area contributed by atoms with Crippen LogP contribution >= 0.6 is 0 Å². The molecule has 2 aromatic rings. The number of hydrogen-bond donors (Lipinski definition) is 2. The number of nitrogens with one attached hydrogen (secondary N) is 2. The lowest BCUT2D eigenvalue weighted by molar-refractivity contribution is 0.102. The molecule has 5 nitrogen and oxygen atoms in total. The van der Waals surface area contributed by atoms with E-state index in [0.29, 0.717) is 23.7 Å². The third-order valence-corrected chi connectivity index (χ3v) is 2.81. The van der Waals surface area contributed by atoms with Gasteiger partial charge in [-0.05, 0) is 24.3 Å². The number of amides is 1. The van der Waals surface area contributed by atoms with Crippen LogP contribution in [0, 0.1) is 0 Å². The molecule has 0 spiro atoms. The second-order valence-corrected chi connectivity index (χ2v) is 4.26. The summed E-state index contributed by atoms with van der Waals surface area (Å²) in [5.74, 6) is 0.751. The molecule has 1 aromatic carbocycles. The van der Waals surface area contributed by atoms with Crippen molar-refractivity contribution in [3.63, 3.8) is 0 Å². The molecule has 1 aromatic heterocycles. The first-order chi connectivity index (χ1) is 10.2. The first-order valence-corrected chi connectivity index (χ1v) is 6.50. The highest BCUT2D eigenvalue weighted by Gasteiger charge is 2.11. The number of pyridine rings is 1. The van der Waals surface area contributed by atoms with Crippen molar-refractivity contribution in [3.05, 3.63) is 60.8 Å². The molecule has 0 unspecified atom stereocenters. The van der Waals surface area contributed by atoms with Crippen LogP contribution in [0.3, 0.4) is 0 Å². The van der Waals surface area contributed by atoms with Gasteiger partial charge in [-0.25, -0.2) is 4.98 Å². The Labute approximate surface area is 123 Å². The lowest BCUT2D eigenvalue weighted by atomic mass is 10.2. The molecule has 0 aliphatic heterocycles. The zero-order chi connectivity index (χ0) is 15.1. The van der Waals surface area contributed by atoms with Crippen molar-refractivity contribution in [1.82, 2.24) is 4.98 Å². The summed E-state index contributed by atoms with van der Waals surface area (Å²) in [6.07, 6.45) is 3.42. The van der Waals surface area contributed by atoms with Gasteiger partial charge in [0.25, 0.3) is 5.91 Å². The van der Waals surface area contributed by atoms with Gasteiger partial charge < -0.3 is 15.4 Å². The van der Waals surface area contributed by atoms with E-state index in [1.807, 2.05) is 12.1 Å². The van der Waals surface area contributed by atoms with Gasteiger partial charge in [-0.2, -0.15) is 0 Å². The third-order valence-electron chi connectivity index (χ3n) is 2.81. The van der Waals surface area contributed by atoms with E-state index in [0.717, 1.165) is 5.69 Å². The number of ether oxygens (including phenoxy) is 1. The van der Waals surface area contributed by atoms with Gasteiger partial charge in [0.2, 0.25) is 0 Å². The topological polar surface area (TPSA) is 63.2 Å². The first kappa shape index (κ1) is 14.6. The van der Waals surface area contributed by atoms with E-state index < -0.39 is 0 Å². The van der Waals surface area contributed by atoms with E-state index in [2.05, 4.69) is 22.2 Å². The van der Waals surface area contributed by atoms with Gasteiger partial charge >= 0.3 is 0 Å². The quantitative estimate of drug-likeness (QED) is 0.800. The molecule has 2 rings (SSSR count). The maximum Gasteiger partial charge on any atom is 0.260 e. The van der Waals surface area contributed by atoms with Crippen LogP contribution in [-0.4, -0.2) is 24.5 Å². The summed E-state index contributed by atoms with van der Waals surface area (Å²) in [6, 6.07) is 10.6. The molecule has 21 heavy (non-hydrogen) atoms. The van der Waals surface area contributed by atoms with Crippen LogP contribution in [-0.2, 0) is 0 Å². The Bertz CT molecular complexity index is 624. The minimum absolute atomic E-state index is 0.258. The van der Waals surface area contributed by atoms with Crippen LogP contribution in [0.4, 0.5) is 11.5 Å². The number of para-hydroxylation sites is 1. The van der Waals surface area contributed by atoms with E-state index in [4.69, 9.17) is 4.74 Å². The predicted molar refractivity (Wildman–Crippen MR) is 83.9 cm³/mol. The Hall–Kier alpha value is -2.82. The van der Waals surface area contributed by atoms with Crippen molar-refractivity contribution in [2.24, 2.45) is 0 Å². The summed E-state index contributed by atoms with van der Waals surface area (Å²) in [7, 11) is 1.53. The molecular weight excluding hydrogens is 266 g/mol. The van der Waals surface area contributed by atoms with E-state index in [1.54, 1.807) is 36.5 Å². The van der Waals surface area contributed by atoms with Gasteiger partial charge in [-0.15, -0.1) is 6.58 Å². The second-order valence-electron chi connectivity index (χ2n) is 4.26. The molecule has 1 heterocycles. The normalized spacial score (nSPS) is 9.76. The van der Waals surface area contributed by atoms with Crippen molar-refractivity contribution in [1.29, 1.82) is 0 Å². The van der Waals surface area contributed by atoms with Crippen LogP contribution in [0.1, 0.15) is 10.4 Å². The molecule has 0 radical (unpaired) electrons. The number of rotatable bonds is 6. The number of anilines is 2. The Balaban J connectivity index is 2.07. The van der Waals surface area contributed by atoms with Gasteiger partial charge in [-0.1, -0.05) is 18.2 Å².